The molecule has 0 N–H and O–H groups in total. The molecule has 1 aliphatic heterocycles. The lowest BCUT2D eigenvalue weighted by molar-refractivity contribution is 0.0672. The maximum absolute atomic E-state index is 12.7. The van der Waals surface area contributed by atoms with E-state index in [0.717, 1.165) is 37.9 Å². The quantitative estimate of drug-likeness (QED) is 0.729. The zero-order valence-electron chi connectivity index (χ0n) is 14.9. The normalized spacial score (nSPS) is 17.4. The molecule has 0 bridgehead atoms. The van der Waals surface area contributed by atoms with Gasteiger partial charge in [0.1, 0.15) is 5.82 Å². The van der Waals surface area contributed by atoms with Crippen LogP contribution in [0, 0.1) is 12.8 Å². The number of benzene rings is 1. The van der Waals surface area contributed by atoms with Gasteiger partial charge in [-0.1, -0.05) is 12.1 Å². The summed E-state index contributed by atoms with van der Waals surface area (Å²) < 4.78 is 0. The molecule has 26 heavy (non-hydrogen) atoms. The maximum Gasteiger partial charge on any atom is 0.256 e. The van der Waals surface area contributed by atoms with E-state index in [4.69, 9.17) is 0 Å². The number of nitrogens with zero attached hydrogens (tertiary/aromatic N) is 4. The lowest BCUT2D eigenvalue weighted by atomic mass is 9.90. The molecule has 1 saturated heterocycles. The number of aryl methyl sites for hydroxylation is 1. The van der Waals surface area contributed by atoms with Crippen LogP contribution in [0.3, 0.4) is 0 Å². The number of piperidine rings is 1. The maximum atomic E-state index is 12.7. The molecular weight excluding hydrogens is 324 g/mol. The molecule has 5 heteroatoms. The van der Waals surface area contributed by atoms with Crippen molar-refractivity contribution in [3.05, 3.63) is 65.9 Å². The van der Waals surface area contributed by atoms with Gasteiger partial charge in [0.15, 0.2) is 0 Å². The number of fused-ring (bicyclic) bond motifs is 1. The van der Waals surface area contributed by atoms with Crippen LogP contribution in [0.15, 0.2) is 48.9 Å². The zero-order valence-corrected chi connectivity index (χ0v) is 14.9. The van der Waals surface area contributed by atoms with Crippen LogP contribution in [0.5, 0.6) is 0 Å². The molecule has 4 rings (SSSR count). The third-order valence-electron chi connectivity index (χ3n) is 5.03. The standard InChI is InChI=1S/C21H22N4O/c1-15-23-12-19(13-24-15)21(26)25-9-3-4-17(14-25)10-16-6-7-20-18(11-16)5-2-8-22-20/h2,5-8,11-13,17H,3-4,9-10,14H2,1H3/t17-/m1/s1. The Balaban J connectivity index is 1.45. The second-order valence-electron chi connectivity index (χ2n) is 7.01. The monoisotopic (exact) mass is 346 g/mol. The van der Waals surface area contributed by atoms with E-state index in [0.29, 0.717) is 17.3 Å². The molecule has 0 saturated carbocycles. The minimum absolute atomic E-state index is 0.0393. The highest BCUT2D eigenvalue weighted by Gasteiger charge is 2.25. The van der Waals surface area contributed by atoms with Gasteiger partial charge < -0.3 is 4.90 Å². The molecule has 1 aromatic carbocycles. The molecule has 5 nitrogen and oxygen atoms in total. The number of hydrogen-bond donors (Lipinski definition) is 0. The Labute approximate surface area is 153 Å². The Morgan fingerprint density at radius 3 is 2.88 bits per heavy atom. The second-order valence-corrected chi connectivity index (χ2v) is 7.01. The number of likely N-dealkylation sites (tertiary alicyclic amines) is 1. The highest BCUT2D eigenvalue weighted by molar-refractivity contribution is 5.93. The first kappa shape index (κ1) is 16.6. The molecule has 3 aromatic rings. The highest BCUT2D eigenvalue weighted by atomic mass is 16.2. The lowest BCUT2D eigenvalue weighted by Crippen LogP contribution is -2.40. The Morgan fingerprint density at radius 2 is 2.04 bits per heavy atom. The highest BCUT2D eigenvalue weighted by Crippen LogP contribution is 2.23. The number of carbonyl (C=O) groups is 1. The summed E-state index contributed by atoms with van der Waals surface area (Å²) in [6.45, 7) is 3.42. The van der Waals surface area contributed by atoms with Crippen LogP contribution in [-0.4, -0.2) is 38.8 Å². The number of hydrogen-bond acceptors (Lipinski definition) is 4. The van der Waals surface area contributed by atoms with Crippen LogP contribution in [0.25, 0.3) is 10.9 Å². The van der Waals surface area contributed by atoms with E-state index in [-0.39, 0.29) is 5.91 Å². The minimum Gasteiger partial charge on any atom is -0.338 e. The molecule has 1 atom stereocenters. The van der Waals surface area contributed by atoms with Crippen LogP contribution in [0.1, 0.15) is 34.6 Å². The van der Waals surface area contributed by atoms with Crippen molar-refractivity contribution in [2.24, 2.45) is 5.92 Å². The molecule has 1 aliphatic rings. The summed E-state index contributed by atoms with van der Waals surface area (Å²) in [4.78, 5) is 27.3. The Kier molecular flexibility index (Phi) is 4.61. The van der Waals surface area contributed by atoms with Crippen molar-refractivity contribution < 1.29 is 4.79 Å². The van der Waals surface area contributed by atoms with Gasteiger partial charge in [-0.25, -0.2) is 9.97 Å². The number of amides is 1. The summed E-state index contributed by atoms with van der Waals surface area (Å²) in [6, 6.07) is 10.5. The van der Waals surface area contributed by atoms with Crippen molar-refractivity contribution in [2.45, 2.75) is 26.2 Å². The molecule has 3 heterocycles. The first-order chi connectivity index (χ1) is 12.7. The predicted molar refractivity (Wildman–Crippen MR) is 101 cm³/mol. The molecule has 132 valence electrons. The molecule has 1 amide bonds. The predicted octanol–water partition coefficient (Wildman–Crippen LogP) is 3.43. The fraction of sp³-hybridized carbons (Fsp3) is 0.333. The Morgan fingerprint density at radius 1 is 1.19 bits per heavy atom. The summed E-state index contributed by atoms with van der Waals surface area (Å²) in [5.41, 5.74) is 2.91. The van der Waals surface area contributed by atoms with Crippen molar-refractivity contribution in [3.8, 4) is 0 Å². The number of aromatic nitrogens is 3. The van der Waals surface area contributed by atoms with E-state index in [9.17, 15) is 4.79 Å². The van der Waals surface area contributed by atoms with Crippen LogP contribution < -0.4 is 0 Å². The number of pyridine rings is 1. The van der Waals surface area contributed by atoms with Crippen LogP contribution in [-0.2, 0) is 6.42 Å². The van der Waals surface area contributed by atoms with E-state index in [1.807, 2.05) is 24.1 Å². The molecular formula is C21H22N4O. The summed E-state index contributed by atoms with van der Waals surface area (Å²) in [6.07, 6.45) is 8.26. The van der Waals surface area contributed by atoms with Crippen molar-refractivity contribution >= 4 is 16.8 Å². The molecule has 0 radical (unpaired) electrons. The molecule has 0 aliphatic carbocycles. The Hall–Kier alpha value is -2.82. The minimum atomic E-state index is 0.0393. The topological polar surface area (TPSA) is 59.0 Å². The van der Waals surface area contributed by atoms with Gasteiger partial charge >= 0.3 is 0 Å². The summed E-state index contributed by atoms with van der Waals surface area (Å²) in [5, 5.41) is 1.17. The van der Waals surface area contributed by atoms with E-state index in [1.54, 1.807) is 12.4 Å². The Bertz CT molecular complexity index is 923. The van der Waals surface area contributed by atoms with Crippen molar-refractivity contribution in [1.29, 1.82) is 0 Å². The smallest absolute Gasteiger partial charge is 0.256 e. The van der Waals surface area contributed by atoms with Crippen molar-refractivity contribution in [2.75, 3.05) is 13.1 Å². The van der Waals surface area contributed by atoms with Gasteiger partial charge in [0, 0.05) is 37.1 Å². The summed E-state index contributed by atoms with van der Waals surface area (Å²) in [5.74, 6) is 1.20. The van der Waals surface area contributed by atoms with Gasteiger partial charge in [-0.15, -0.1) is 0 Å². The van der Waals surface area contributed by atoms with Gasteiger partial charge in [0.25, 0.3) is 5.91 Å². The zero-order chi connectivity index (χ0) is 17.9. The average Bonchev–Trinajstić information content (AvgIpc) is 2.68. The first-order valence-electron chi connectivity index (χ1n) is 9.10. The third-order valence-corrected chi connectivity index (χ3v) is 5.03. The van der Waals surface area contributed by atoms with E-state index in [1.165, 1.54) is 10.9 Å². The van der Waals surface area contributed by atoms with Gasteiger partial charge in [0.05, 0.1) is 11.1 Å². The van der Waals surface area contributed by atoms with Crippen molar-refractivity contribution in [1.82, 2.24) is 19.9 Å². The molecule has 0 unspecified atom stereocenters. The molecule has 1 fully saturated rings. The van der Waals surface area contributed by atoms with Crippen LogP contribution in [0.4, 0.5) is 0 Å². The van der Waals surface area contributed by atoms with Gasteiger partial charge in [0.2, 0.25) is 0 Å². The number of rotatable bonds is 3. The van der Waals surface area contributed by atoms with Gasteiger partial charge in [-0.2, -0.15) is 0 Å². The second kappa shape index (κ2) is 7.20. The SMILES string of the molecule is Cc1ncc(C(=O)N2CCC[C@H](Cc3ccc4ncccc4c3)C2)cn1. The molecule has 0 spiro atoms. The van der Waals surface area contributed by atoms with Crippen LogP contribution >= 0.6 is 0 Å². The number of carbonyl (C=O) groups excluding carboxylic acids is 1. The van der Waals surface area contributed by atoms with Crippen LogP contribution in [0.2, 0.25) is 0 Å². The largest absolute Gasteiger partial charge is 0.338 e. The lowest BCUT2D eigenvalue weighted by Gasteiger charge is -2.33. The van der Waals surface area contributed by atoms with E-state index < -0.39 is 0 Å². The molecule has 2 aromatic heterocycles. The van der Waals surface area contributed by atoms with E-state index in [2.05, 4.69) is 39.2 Å². The fourth-order valence-electron chi connectivity index (χ4n) is 3.69. The van der Waals surface area contributed by atoms with Crippen molar-refractivity contribution in [3.63, 3.8) is 0 Å². The average molecular weight is 346 g/mol. The van der Waals surface area contributed by atoms with Gasteiger partial charge in [-0.3, -0.25) is 9.78 Å². The van der Waals surface area contributed by atoms with E-state index >= 15 is 0 Å². The first-order valence-corrected chi connectivity index (χ1v) is 9.10. The third kappa shape index (κ3) is 3.57. The summed E-state index contributed by atoms with van der Waals surface area (Å²) in [7, 11) is 0. The summed E-state index contributed by atoms with van der Waals surface area (Å²) >= 11 is 0. The van der Waals surface area contributed by atoms with Gasteiger partial charge in [-0.05, 0) is 55.9 Å². The fourth-order valence-corrected chi connectivity index (χ4v) is 3.69.